The Labute approximate surface area is 102 Å². The summed E-state index contributed by atoms with van der Waals surface area (Å²) >= 11 is 0. The van der Waals surface area contributed by atoms with Crippen molar-refractivity contribution in [3.05, 3.63) is 42.5 Å². The van der Waals surface area contributed by atoms with Crippen LogP contribution in [0.15, 0.2) is 36.9 Å². The van der Waals surface area contributed by atoms with Gasteiger partial charge in [-0.25, -0.2) is 0 Å². The van der Waals surface area contributed by atoms with Gasteiger partial charge in [0, 0.05) is 13.0 Å². The number of carbonyl (C=O) groups excluding carboxylic acids is 1. The Kier molecular flexibility index (Phi) is 5.86. The smallest absolute Gasteiger partial charge is 0.220 e. The molecule has 0 bridgehead atoms. The van der Waals surface area contributed by atoms with E-state index in [9.17, 15) is 4.79 Å². The Morgan fingerprint density at radius 3 is 2.71 bits per heavy atom. The van der Waals surface area contributed by atoms with E-state index in [1.807, 2.05) is 31.2 Å². The number of aryl methyl sites for hydroxylation is 1. The first-order valence-electron chi connectivity index (χ1n) is 5.85. The number of rotatable bonds is 7. The van der Waals surface area contributed by atoms with Crippen LogP contribution in [-0.4, -0.2) is 19.1 Å². The van der Waals surface area contributed by atoms with E-state index in [1.165, 1.54) is 0 Å². The van der Waals surface area contributed by atoms with Crippen molar-refractivity contribution in [3.63, 3.8) is 0 Å². The normalized spacial score (nSPS) is 9.71. The first kappa shape index (κ1) is 13.3. The van der Waals surface area contributed by atoms with Crippen LogP contribution in [0.25, 0.3) is 0 Å². The molecule has 0 saturated heterocycles. The molecule has 92 valence electrons. The van der Waals surface area contributed by atoms with Gasteiger partial charge in [-0.05, 0) is 31.0 Å². The Morgan fingerprint density at radius 2 is 2.12 bits per heavy atom. The van der Waals surface area contributed by atoms with Crippen LogP contribution in [0.5, 0.6) is 5.75 Å². The number of hydrogen-bond acceptors (Lipinski definition) is 2. The Bertz CT molecular complexity index is 357. The lowest BCUT2D eigenvalue weighted by Crippen LogP contribution is -2.23. The van der Waals surface area contributed by atoms with E-state index in [1.54, 1.807) is 6.08 Å². The molecule has 0 aliphatic heterocycles. The fourth-order valence-corrected chi connectivity index (χ4v) is 1.45. The van der Waals surface area contributed by atoms with E-state index in [2.05, 4.69) is 11.9 Å². The highest BCUT2D eigenvalue weighted by Gasteiger charge is 2.01. The van der Waals surface area contributed by atoms with Crippen molar-refractivity contribution in [1.29, 1.82) is 0 Å². The predicted octanol–water partition coefficient (Wildman–Crippen LogP) is 2.32. The molecule has 0 aliphatic carbocycles. The summed E-state index contributed by atoms with van der Waals surface area (Å²) in [5.74, 6) is 0.922. The van der Waals surface area contributed by atoms with Crippen molar-refractivity contribution in [2.75, 3.05) is 13.2 Å². The average Bonchev–Trinajstić information content (AvgIpc) is 2.36. The molecule has 1 amide bonds. The minimum atomic E-state index is 0.0544. The molecule has 0 aromatic heterocycles. The van der Waals surface area contributed by atoms with Gasteiger partial charge in [-0.2, -0.15) is 0 Å². The summed E-state index contributed by atoms with van der Waals surface area (Å²) in [5, 5.41) is 2.75. The van der Waals surface area contributed by atoms with Crippen molar-refractivity contribution in [1.82, 2.24) is 5.32 Å². The summed E-state index contributed by atoms with van der Waals surface area (Å²) in [7, 11) is 0. The molecule has 0 atom stereocenters. The van der Waals surface area contributed by atoms with Crippen LogP contribution in [0.4, 0.5) is 0 Å². The van der Waals surface area contributed by atoms with Crippen LogP contribution < -0.4 is 10.1 Å². The number of carbonyl (C=O) groups is 1. The number of amides is 1. The number of ether oxygens (including phenoxy) is 1. The molecular formula is C14H19NO2. The zero-order valence-corrected chi connectivity index (χ0v) is 10.2. The van der Waals surface area contributed by atoms with Gasteiger partial charge in [-0.15, -0.1) is 6.58 Å². The molecule has 1 N–H and O–H groups in total. The molecular weight excluding hydrogens is 214 g/mol. The summed E-state index contributed by atoms with van der Waals surface area (Å²) in [6, 6.07) is 7.85. The molecule has 0 unspecified atom stereocenters. The second kappa shape index (κ2) is 7.49. The largest absolute Gasteiger partial charge is 0.494 e. The van der Waals surface area contributed by atoms with Gasteiger partial charge in [0.05, 0.1) is 6.61 Å². The highest BCUT2D eigenvalue weighted by molar-refractivity contribution is 5.76. The maximum Gasteiger partial charge on any atom is 0.220 e. The van der Waals surface area contributed by atoms with Crippen molar-refractivity contribution in [2.45, 2.75) is 19.8 Å². The highest BCUT2D eigenvalue weighted by atomic mass is 16.5. The van der Waals surface area contributed by atoms with E-state index in [0.29, 0.717) is 19.6 Å². The number of nitrogens with one attached hydrogen (secondary N) is 1. The summed E-state index contributed by atoms with van der Waals surface area (Å²) in [4.78, 5) is 11.4. The third kappa shape index (κ3) is 5.20. The second-order valence-electron chi connectivity index (χ2n) is 3.67. The molecule has 0 radical (unpaired) electrons. The predicted molar refractivity (Wildman–Crippen MR) is 69.1 cm³/mol. The zero-order chi connectivity index (χ0) is 12.5. The van der Waals surface area contributed by atoms with Crippen LogP contribution >= 0.6 is 0 Å². The van der Waals surface area contributed by atoms with Crippen molar-refractivity contribution < 1.29 is 9.53 Å². The fourth-order valence-electron chi connectivity index (χ4n) is 1.45. The topological polar surface area (TPSA) is 38.3 Å². The number of benzene rings is 1. The molecule has 3 heteroatoms. The molecule has 0 saturated carbocycles. The molecule has 0 fully saturated rings. The lowest BCUT2D eigenvalue weighted by Gasteiger charge is -2.05. The van der Waals surface area contributed by atoms with E-state index in [4.69, 9.17) is 4.74 Å². The molecule has 0 heterocycles. The van der Waals surface area contributed by atoms with Crippen LogP contribution in [0.3, 0.4) is 0 Å². The van der Waals surface area contributed by atoms with Gasteiger partial charge in [0.15, 0.2) is 0 Å². The third-order valence-corrected chi connectivity index (χ3v) is 2.32. The van der Waals surface area contributed by atoms with Gasteiger partial charge in [-0.1, -0.05) is 18.2 Å². The van der Waals surface area contributed by atoms with Crippen molar-refractivity contribution in [2.24, 2.45) is 0 Å². The van der Waals surface area contributed by atoms with Gasteiger partial charge < -0.3 is 10.1 Å². The maximum absolute atomic E-state index is 11.4. The quantitative estimate of drug-likeness (QED) is 0.734. The Hall–Kier alpha value is -1.77. The van der Waals surface area contributed by atoms with Gasteiger partial charge in [0.1, 0.15) is 5.75 Å². The standard InChI is InChI=1S/C14H19NO2/c1-3-11-15-14(16)10-7-12-5-8-13(9-6-12)17-4-2/h3,5-6,8-9H,1,4,7,10-11H2,2H3,(H,15,16). The van der Waals surface area contributed by atoms with Crippen molar-refractivity contribution in [3.8, 4) is 5.75 Å². The van der Waals surface area contributed by atoms with Gasteiger partial charge >= 0.3 is 0 Å². The van der Waals surface area contributed by atoms with E-state index in [0.717, 1.165) is 17.7 Å². The van der Waals surface area contributed by atoms with Crippen LogP contribution in [-0.2, 0) is 11.2 Å². The fraction of sp³-hybridized carbons (Fsp3) is 0.357. The van der Waals surface area contributed by atoms with E-state index < -0.39 is 0 Å². The molecule has 17 heavy (non-hydrogen) atoms. The van der Waals surface area contributed by atoms with Crippen molar-refractivity contribution >= 4 is 5.91 Å². The van der Waals surface area contributed by atoms with E-state index in [-0.39, 0.29) is 5.91 Å². The van der Waals surface area contributed by atoms with Gasteiger partial charge in [-0.3, -0.25) is 4.79 Å². The first-order chi connectivity index (χ1) is 8.26. The van der Waals surface area contributed by atoms with Gasteiger partial charge in [0.25, 0.3) is 0 Å². The summed E-state index contributed by atoms with van der Waals surface area (Å²) in [6.45, 7) is 6.71. The summed E-state index contributed by atoms with van der Waals surface area (Å²) < 4.78 is 5.35. The highest BCUT2D eigenvalue weighted by Crippen LogP contribution is 2.13. The minimum Gasteiger partial charge on any atom is -0.494 e. The maximum atomic E-state index is 11.4. The molecule has 3 nitrogen and oxygen atoms in total. The first-order valence-corrected chi connectivity index (χ1v) is 5.85. The van der Waals surface area contributed by atoms with Crippen LogP contribution in [0.2, 0.25) is 0 Å². The minimum absolute atomic E-state index is 0.0544. The molecule has 0 aliphatic rings. The lowest BCUT2D eigenvalue weighted by atomic mass is 10.1. The Morgan fingerprint density at radius 1 is 1.41 bits per heavy atom. The molecule has 1 aromatic carbocycles. The molecule has 0 spiro atoms. The second-order valence-corrected chi connectivity index (χ2v) is 3.67. The van der Waals surface area contributed by atoms with E-state index >= 15 is 0 Å². The average molecular weight is 233 g/mol. The van der Waals surface area contributed by atoms with Crippen LogP contribution in [0.1, 0.15) is 18.9 Å². The number of hydrogen-bond donors (Lipinski definition) is 1. The van der Waals surface area contributed by atoms with Crippen LogP contribution in [0, 0.1) is 0 Å². The Balaban J connectivity index is 2.36. The monoisotopic (exact) mass is 233 g/mol. The summed E-state index contributed by atoms with van der Waals surface area (Å²) in [5.41, 5.74) is 1.14. The molecule has 1 aromatic rings. The zero-order valence-electron chi connectivity index (χ0n) is 10.2. The summed E-state index contributed by atoms with van der Waals surface area (Å²) in [6.07, 6.45) is 2.92. The van der Waals surface area contributed by atoms with Gasteiger partial charge in [0.2, 0.25) is 5.91 Å². The molecule has 1 rings (SSSR count). The third-order valence-electron chi connectivity index (χ3n) is 2.32. The lowest BCUT2D eigenvalue weighted by molar-refractivity contribution is -0.120. The SMILES string of the molecule is C=CCNC(=O)CCc1ccc(OCC)cc1.